The van der Waals surface area contributed by atoms with Gasteiger partial charge >= 0.3 is 5.97 Å². The smallest absolute Gasteiger partial charge is 0.307 e. The second kappa shape index (κ2) is 9.18. The quantitative estimate of drug-likeness (QED) is 0.699. The number of anilines is 1. The van der Waals surface area contributed by atoms with Crippen LogP contribution >= 0.6 is 0 Å². The monoisotopic (exact) mass is 390 g/mol. The van der Waals surface area contributed by atoms with Crippen LogP contribution in [0.4, 0.5) is 5.69 Å². The number of carbonyl (C=O) groups excluding carboxylic acids is 3. The highest BCUT2D eigenvalue weighted by atomic mass is 16.5. The molecule has 1 N–H and O–H groups in total. The van der Waals surface area contributed by atoms with Crippen molar-refractivity contribution in [2.75, 3.05) is 31.7 Å². The number of ether oxygens (including phenoxy) is 2. The molecule has 1 saturated heterocycles. The van der Waals surface area contributed by atoms with E-state index >= 15 is 0 Å². The van der Waals surface area contributed by atoms with Gasteiger partial charge in [-0.25, -0.2) is 0 Å². The van der Waals surface area contributed by atoms with Crippen LogP contribution in [0.25, 0.3) is 0 Å². The molecule has 0 bridgehead atoms. The Balaban J connectivity index is 1.58. The van der Waals surface area contributed by atoms with Crippen molar-refractivity contribution in [2.24, 2.45) is 0 Å². The number of amides is 2. The van der Waals surface area contributed by atoms with Crippen LogP contribution in [-0.4, -0.2) is 64.9 Å². The Bertz CT molecular complexity index is 816. The summed E-state index contributed by atoms with van der Waals surface area (Å²) in [5, 5.41) is 6.75. The molecule has 3 heterocycles. The van der Waals surface area contributed by atoms with Gasteiger partial charge in [-0.2, -0.15) is 5.10 Å². The van der Waals surface area contributed by atoms with Gasteiger partial charge in [0.15, 0.2) is 5.76 Å². The third kappa shape index (κ3) is 4.97. The fourth-order valence-electron chi connectivity index (χ4n) is 2.91. The molecule has 10 nitrogen and oxygen atoms in total. The van der Waals surface area contributed by atoms with Crippen molar-refractivity contribution in [1.29, 1.82) is 0 Å². The molecule has 1 aliphatic heterocycles. The maximum Gasteiger partial charge on any atom is 0.307 e. The van der Waals surface area contributed by atoms with E-state index < -0.39 is 5.91 Å². The summed E-state index contributed by atoms with van der Waals surface area (Å²) in [5.74, 6) is -0.778. The van der Waals surface area contributed by atoms with E-state index in [4.69, 9.17) is 13.9 Å². The lowest BCUT2D eigenvalue weighted by Gasteiger charge is -2.35. The molecular weight excluding hydrogens is 368 g/mol. The Morgan fingerprint density at radius 2 is 2.25 bits per heavy atom. The first-order valence-electron chi connectivity index (χ1n) is 8.97. The van der Waals surface area contributed by atoms with Crippen LogP contribution in [0.15, 0.2) is 35.2 Å². The molecule has 2 aromatic heterocycles. The largest absolute Gasteiger partial charge is 0.466 e. The Morgan fingerprint density at radius 3 is 3.00 bits per heavy atom. The third-order valence-corrected chi connectivity index (χ3v) is 4.19. The first-order valence-corrected chi connectivity index (χ1v) is 8.97. The Labute approximate surface area is 161 Å². The lowest BCUT2D eigenvalue weighted by Crippen LogP contribution is -2.50. The fraction of sp³-hybridized carbons (Fsp3) is 0.444. The van der Waals surface area contributed by atoms with Crippen molar-refractivity contribution >= 4 is 23.5 Å². The molecule has 1 aliphatic rings. The summed E-state index contributed by atoms with van der Waals surface area (Å²) in [6, 6.07) is 2.80. The van der Waals surface area contributed by atoms with Gasteiger partial charge in [0.1, 0.15) is 6.54 Å². The number of carbonyl (C=O) groups is 3. The van der Waals surface area contributed by atoms with Crippen molar-refractivity contribution < 1.29 is 28.3 Å². The molecule has 0 aromatic carbocycles. The molecule has 0 spiro atoms. The molecule has 0 radical (unpaired) electrons. The standard InChI is InChI=1S/C18H22N4O6/c1-2-27-17(24)8-14-12-26-7-5-22(14)16(23)11-21-10-13(9-19-21)20-18(25)15-4-3-6-28-15/h3-4,6,9-10,14H,2,5,7-8,11-12H2,1H3,(H,20,25)/t14-/m0/s1. The van der Waals surface area contributed by atoms with Crippen molar-refractivity contribution in [2.45, 2.75) is 25.9 Å². The summed E-state index contributed by atoms with van der Waals surface area (Å²) < 4.78 is 16.8. The van der Waals surface area contributed by atoms with Crippen molar-refractivity contribution in [3.8, 4) is 0 Å². The van der Waals surface area contributed by atoms with Crippen molar-refractivity contribution in [3.05, 3.63) is 36.5 Å². The average molecular weight is 390 g/mol. The minimum absolute atomic E-state index is 0.0179. The van der Waals surface area contributed by atoms with Crippen LogP contribution < -0.4 is 5.32 Å². The molecular formula is C18H22N4O6. The Morgan fingerprint density at radius 1 is 1.39 bits per heavy atom. The Hall–Kier alpha value is -3.14. The van der Waals surface area contributed by atoms with Crippen LogP contribution in [0.2, 0.25) is 0 Å². The van der Waals surface area contributed by atoms with Crippen LogP contribution in [0.5, 0.6) is 0 Å². The number of nitrogens with zero attached hydrogens (tertiary/aromatic N) is 3. The van der Waals surface area contributed by atoms with Gasteiger partial charge in [0.2, 0.25) is 5.91 Å². The summed E-state index contributed by atoms with van der Waals surface area (Å²) in [7, 11) is 0. The van der Waals surface area contributed by atoms with Gasteiger partial charge in [-0.15, -0.1) is 0 Å². The zero-order chi connectivity index (χ0) is 19.9. The minimum atomic E-state index is -0.404. The van der Waals surface area contributed by atoms with Crippen LogP contribution in [-0.2, 0) is 25.6 Å². The lowest BCUT2D eigenvalue weighted by molar-refractivity contribution is -0.150. The molecule has 1 atom stereocenters. The molecule has 1 fully saturated rings. The number of aromatic nitrogens is 2. The maximum absolute atomic E-state index is 12.7. The number of morpholine rings is 1. The molecule has 10 heteroatoms. The molecule has 0 aliphatic carbocycles. The van der Waals surface area contributed by atoms with Gasteiger partial charge in [-0.3, -0.25) is 19.1 Å². The van der Waals surface area contributed by atoms with Gasteiger partial charge < -0.3 is 24.1 Å². The molecule has 2 amide bonds. The van der Waals surface area contributed by atoms with Crippen LogP contribution in [0, 0.1) is 0 Å². The number of hydrogen-bond acceptors (Lipinski definition) is 7. The third-order valence-electron chi connectivity index (χ3n) is 4.19. The predicted octanol–water partition coefficient (Wildman–Crippen LogP) is 0.909. The van der Waals surface area contributed by atoms with E-state index in [-0.39, 0.29) is 43.3 Å². The summed E-state index contributed by atoms with van der Waals surface area (Å²) in [6.07, 6.45) is 4.50. The topological polar surface area (TPSA) is 116 Å². The Kier molecular flexibility index (Phi) is 6.43. The first kappa shape index (κ1) is 19.6. The maximum atomic E-state index is 12.7. The van der Waals surface area contributed by atoms with Gasteiger partial charge in [0.25, 0.3) is 5.91 Å². The molecule has 3 rings (SSSR count). The first-order chi connectivity index (χ1) is 13.6. The average Bonchev–Trinajstić information content (AvgIpc) is 3.34. The van der Waals surface area contributed by atoms with Crippen molar-refractivity contribution in [3.63, 3.8) is 0 Å². The summed E-state index contributed by atoms with van der Waals surface area (Å²) in [5.41, 5.74) is 0.444. The second-order valence-corrected chi connectivity index (χ2v) is 6.18. The highest BCUT2D eigenvalue weighted by Gasteiger charge is 2.29. The van der Waals surface area contributed by atoms with Gasteiger partial charge in [-0.05, 0) is 19.1 Å². The number of hydrogen-bond donors (Lipinski definition) is 1. The summed E-state index contributed by atoms with van der Waals surface area (Å²) >= 11 is 0. The number of esters is 1. The van der Waals surface area contributed by atoms with Gasteiger partial charge in [0, 0.05) is 12.7 Å². The van der Waals surface area contributed by atoms with E-state index in [9.17, 15) is 14.4 Å². The lowest BCUT2D eigenvalue weighted by atomic mass is 10.1. The normalized spacial score (nSPS) is 16.6. The van der Waals surface area contributed by atoms with Gasteiger partial charge in [-0.1, -0.05) is 0 Å². The van der Waals surface area contributed by atoms with E-state index in [1.165, 1.54) is 17.1 Å². The fourth-order valence-corrected chi connectivity index (χ4v) is 2.91. The number of rotatable bonds is 7. The van der Waals surface area contributed by atoms with E-state index in [0.717, 1.165) is 0 Å². The van der Waals surface area contributed by atoms with E-state index in [0.29, 0.717) is 25.4 Å². The summed E-state index contributed by atoms with van der Waals surface area (Å²) in [4.78, 5) is 38.0. The molecule has 2 aromatic rings. The van der Waals surface area contributed by atoms with Crippen LogP contribution in [0.1, 0.15) is 23.9 Å². The van der Waals surface area contributed by atoms with Crippen LogP contribution in [0.3, 0.4) is 0 Å². The second-order valence-electron chi connectivity index (χ2n) is 6.18. The van der Waals surface area contributed by atoms with Gasteiger partial charge in [0.05, 0.1) is 50.4 Å². The zero-order valence-electron chi connectivity index (χ0n) is 15.5. The van der Waals surface area contributed by atoms with E-state index in [1.54, 1.807) is 30.2 Å². The van der Waals surface area contributed by atoms with Crippen molar-refractivity contribution in [1.82, 2.24) is 14.7 Å². The van der Waals surface area contributed by atoms with E-state index in [1.807, 2.05) is 0 Å². The number of furan rings is 1. The summed E-state index contributed by atoms with van der Waals surface area (Å²) in [6.45, 7) is 3.10. The molecule has 28 heavy (non-hydrogen) atoms. The zero-order valence-corrected chi connectivity index (χ0v) is 15.5. The molecule has 0 saturated carbocycles. The number of nitrogens with one attached hydrogen (secondary N) is 1. The molecule has 150 valence electrons. The van der Waals surface area contributed by atoms with E-state index in [2.05, 4.69) is 10.4 Å². The SMILES string of the molecule is CCOC(=O)C[C@H]1COCCN1C(=O)Cn1cc(NC(=O)c2ccco2)cn1. The predicted molar refractivity (Wildman–Crippen MR) is 96.5 cm³/mol. The highest BCUT2D eigenvalue weighted by Crippen LogP contribution is 2.14. The molecule has 0 unspecified atom stereocenters. The highest BCUT2D eigenvalue weighted by molar-refractivity contribution is 6.02. The minimum Gasteiger partial charge on any atom is -0.466 e.